The van der Waals surface area contributed by atoms with Crippen molar-refractivity contribution in [2.45, 2.75) is 65.1 Å². The molecule has 0 amide bonds. The second kappa shape index (κ2) is 8.94. The third-order valence-electron chi connectivity index (χ3n) is 9.33. The molecular weight excluding hydrogens is 468 g/mol. The van der Waals surface area contributed by atoms with Crippen molar-refractivity contribution in [1.82, 2.24) is 0 Å². The van der Waals surface area contributed by atoms with E-state index in [-0.39, 0.29) is 36.4 Å². The van der Waals surface area contributed by atoms with Gasteiger partial charge in [-0.2, -0.15) is 0 Å². The van der Waals surface area contributed by atoms with Gasteiger partial charge in [-0.25, -0.2) is 0 Å². The van der Waals surface area contributed by atoms with Gasteiger partial charge in [0.15, 0.2) is 18.0 Å². The van der Waals surface area contributed by atoms with E-state index in [4.69, 9.17) is 14.2 Å². The molecule has 0 aromatic rings. The van der Waals surface area contributed by atoms with Crippen molar-refractivity contribution in [3.05, 3.63) is 23.8 Å². The smallest absolute Gasteiger partial charge is 0.313 e. The Balaban J connectivity index is 1.85. The van der Waals surface area contributed by atoms with Gasteiger partial charge in [0.2, 0.25) is 5.78 Å². The molecule has 9 nitrogen and oxygen atoms in total. The SMILES string of the molecule is COC(=O)[C@@H]1C[C@H]2[C@@H]3CCC4=CC(=O)C=C[C@]4(C)[C@H]3[C@@H](O)C[C@]2(C)[C@@]1(OC(C)=O)C(=O)COC(C)=O. The fourth-order valence-corrected chi connectivity index (χ4v) is 8.02. The summed E-state index contributed by atoms with van der Waals surface area (Å²) in [6.07, 6.45) is 5.72. The molecule has 3 saturated carbocycles. The summed E-state index contributed by atoms with van der Waals surface area (Å²) in [5, 5.41) is 11.6. The summed E-state index contributed by atoms with van der Waals surface area (Å²) < 4.78 is 15.9. The van der Waals surface area contributed by atoms with Crippen LogP contribution < -0.4 is 0 Å². The van der Waals surface area contributed by atoms with Crippen LogP contribution in [0.3, 0.4) is 0 Å². The molecule has 196 valence electrons. The largest absolute Gasteiger partial charge is 0.469 e. The second-order valence-electron chi connectivity index (χ2n) is 11.1. The van der Waals surface area contributed by atoms with Crippen LogP contribution in [0.25, 0.3) is 0 Å². The van der Waals surface area contributed by atoms with Crippen LogP contribution >= 0.6 is 0 Å². The molecule has 0 aromatic carbocycles. The lowest BCUT2D eigenvalue weighted by molar-refractivity contribution is -0.208. The van der Waals surface area contributed by atoms with Gasteiger partial charge in [0.1, 0.15) is 5.92 Å². The van der Waals surface area contributed by atoms with Crippen molar-refractivity contribution < 1.29 is 43.3 Å². The minimum absolute atomic E-state index is 0.0763. The molecule has 0 bridgehead atoms. The van der Waals surface area contributed by atoms with Gasteiger partial charge in [-0.05, 0) is 49.7 Å². The maximum absolute atomic E-state index is 13.8. The van der Waals surface area contributed by atoms with Crippen LogP contribution in [-0.4, -0.2) is 60.0 Å². The number of allylic oxidation sites excluding steroid dienone is 4. The Morgan fingerprint density at radius 2 is 1.83 bits per heavy atom. The Morgan fingerprint density at radius 1 is 1.14 bits per heavy atom. The lowest BCUT2D eigenvalue weighted by Crippen LogP contribution is -2.65. The highest BCUT2D eigenvalue weighted by Crippen LogP contribution is 2.69. The maximum atomic E-state index is 13.8. The van der Waals surface area contributed by atoms with Gasteiger partial charge >= 0.3 is 17.9 Å². The van der Waals surface area contributed by atoms with Gasteiger partial charge in [0.25, 0.3) is 0 Å². The Hall–Kier alpha value is -2.81. The predicted octanol–water partition coefficient (Wildman–Crippen LogP) is 2.10. The van der Waals surface area contributed by atoms with E-state index in [9.17, 15) is 29.1 Å². The molecule has 0 spiro atoms. The highest BCUT2D eigenvalue weighted by atomic mass is 16.6. The minimum atomic E-state index is -1.96. The van der Waals surface area contributed by atoms with E-state index < -0.39 is 58.8 Å². The van der Waals surface area contributed by atoms with Gasteiger partial charge < -0.3 is 19.3 Å². The second-order valence-corrected chi connectivity index (χ2v) is 11.1. The molecule has 4 rings (SSSR count). The van der Waals surface area contributed by atoms with E-state index in [1.807, 2.05) is 13.0 Å². The summed E-state index contributed by atoms with van der Waals surface area (Å²) in [6.45, 7) is 5.45. The van der Waals surface area contributed by atoms with Gasteiger partial charge in [-0.3, -0.25) is 24.0 Å². The average molecular weight is 503 g/mol. The molecule has 0 aromatic heterocycles. The van der Waals surface area contributed by atoms with Crippen LogP contribution in [0, 0.1) is 34.5 Å². The molecule has 0 heterocycles. The van der Waals surface area contributed by atoms with Gasteiger partial charge in [0.05, 0.1) is 13.2 Å². The Bertz CT molecular complexity index is 1070. The first-order valence-electron chi connectivity index (χ1n) is 12.4. The number of esters is 3. The summed E-state index contributed by atoms with van der Waals surface area (Å²) in [4.78, 5) is 62.9. The molecule has 9 heteroatoms. The summed E-state index contributed by atoms with van der Waals surface area (Å²) in [5.74, 6) is -4.69. The number of hydrogen-bond donors (Lipinski definition) is 1. The van der Waals surface area contributed by atoms with Crippen LogP contribution in [0.2, 0.25) is 0 Å². The first-order chi connectivity index (χ1) is 16.8. The van der Waals surface area contributed by atoms with Crippen molar-refractivity contribution >= 4 is 29.5 Å². The molecule has 0 saturated heterocycles. The quantitative estimate of drug-likeness (QED) is 0.443. The monoisotopic (exact) mass is 502 g/mol. The number of ketones is 2. The Morgan fingerprint density at radius 3 is 2.44 bits per heavy atom. The van der Waals surface area contributed by atoms with Gasteiger partial charge in [0, 0.05) is 30.6 Å². The molecule has 4 aliphatic carbocycles. The minimum Gasteiger partial charge on any atom is -0.469 e. The summed E-state index contributed by atoms with van der Waals surface area (Å²) >= 11 is 0. The number of fused-ring (bicyclic) bond motifs is 5. The van der Waals surface area contributed by atoms with Crippen LogP contribution in [0.4, 0.5) is 0 Å². The van der Waals surface area contributed by atoms with E-state index >= 15 is 0 Å². The Labute approximate surface area is 210 Å². The molecule has 0 radical (unpaired) electrons. The molecule has 0 aliphatic heterocycles. The fraction of sp³-hybridized carbons (Fsp3) is 0.667. The number of hydrogen-bond acceptors (Lipinski definition) is 9. The standard InChI is InChI=1S/C27H34O9/c1-14(28)35-13-22(32)27(36-15(2)29)20(24(33)34-5)11-19-18-7-6-16-10-17(30)8-9-25(16,3)23(18)21(31)12-26(19,27)4/h8-10,18-21,23,31H,6-7,11-13H2,1-5H3/t18-,19-,20-,21-,23+,25-,26-,27-/m0/s1. The van der Waals surface area contributed by atoms with E-state index in [0.717, 1.165) is 19.4 Å². The number of aliphatic hydroxyl groups is 1. The molecule has 1 N–H and O–H groups in total. The third kappa shape index (κ3) is 3.66. The van der Waals surface area contributed by atoms with Gasteiger partial charge in [-0.15, -0.1) is 0 Å². The summed E-state index contributed by atoms with van der Waals surface area (Å²) in [5.41, 5.74) is -2.67. The predicted molar refractivity (Wildman–Crippen MR) is 125 cm³/mol. The first-order valence-corrected chi connectivity index (χ1v) is 12.4. The van der Waals surface area contributed by atoms with E-state index in [1.54, 1.807) is 13.0 Å². The zero-order chi connectivity index (χ0) is 26.6. The lowest BCUT2D eigenvalue weighted by Gasteiger charge is -2.59. The zero-order valence-corrected chi connectivity index (χ0v) is 21.4. The topological polar surface area (TPSA) is 133 Å². The highest BCUT2D eigenvalue weighted by Gasteiger charge is 2.75. The number of carbonyl (C=O) groups excluding carboxylic acids is 5. The van der Waals surface area contributed by atoms with Crippen molar-refractivity contribution in [2.24, 2.45) is 34.5 Å². The van der Waals surface area contributed by atoms with Crippen LogP contribution in [-0.2, 0) is 38.2 Å². The van der Waals surface area contributed by atoms with Crippen LogP contribution in [0.5, 0.6) is 0 Å². The van der Waals surface area contributed by atoms with Crippen molar-refractivity contribution in [1.29, 1.82) is 0 Å². The molecule has 4 aliphatic rings. The Kier molecular flexibility index (Phi) is 6.52. The van der Waals surface area contributed by atoms with Crippen LogP contribution in [0.15, 0.2) is 23.8 Å². The zero-order valence-electron chi connectivity index (χ0n) is 21.4. The molecular formula is C27H34O9. The van der Waals surface area contributed by atoms with E-state index in [2.05, 4.69) is 0 Å². The number of aliphatic hydroxyl groups excluding tert-OH is 1. The number of carbonyl (C=O) groups is 5. The number of methoxy groups -OCH3 is 1. The van der Waals surface area contributed by atoms with Crippen LogP contribution in [0.1, 0.15) is 53.4 Å². The molecule has 8 atom stereocenters. The third-order valence-corrected chi connectivity index (χ3v) is 9.33. The number of rotatable bonds is 5. The van der Waals surface area contributed by atoms with E-state index in [0.29, 0.717) is 12.8 Å². The fourth-order valence-electron chi connectivity index (χ4n) is 8.02. The van der Waals surface area contributed by atoms with Gasteiger partial charge in [-0.1, -0.05) is 25.5 Å². The molecule has 3 fully saturated rings. The molecule has 0 unspecified atom stereocenters. The molecule has 36 heavy (non-hydrogen) atoms. The van der Waals surface area contributed by atoms with Crippen molar-refractivity contribution in [3.63, 3.8) is 0 Å². The summed E-state index contributed by atoms with van der Waals surface area (Å²) in [7, 11) is 1.21. The highest BCUT2D eigenvalue weighted by molar-refractivity contribution is 6.01. The average Bonchev–Trinajstić information content (AvgIpc) is 3.05. The van der Waals surface area contributed by atoms with Crippen molar-refractivity contribution in [3.8, 4) is 0 Å². The summed E-state index contributed by atoms with van der Waals surface area (Å²) in [6, 6.07) is 0. The maximum Gasteiger partial charge on any atom is 0.313 e. The number of Topliss-reactive ketones (excluding diaryl/α,β-unsaturated/α-hetero) is 1. The first kappa shape index (κ1) is 26.3. The van der Waals surface area contributed by atoms with E-state index in [1.165, 1.54) is 13.2 Å². The lowest BCUT2D eigenvalue weighted by atomic mass is 9.46. The number of ether oxygens (including phenoxy) is 3. The normalized spacial score (nSPS) is 40.8. The van der Waals surface area contributed by atoms with Crippen molar-refractivity contribution in [2.75, 3.05) is 13.7 Å².